The molecule has 0 aromatic carbocycles. The molecule has 2 rings (SSSR count). The first-order valence-electron chi connectivity index (χ1n) is 7.64. The molecule has 1 aromatic rings. The molecule has 0 atom stereocenters. The van der Waals surface area contributed by atoms with Crippen LogP contribution in [0.4, 0.5) is 5.13 Å². The predicted octanol–water partition coefficient (Wildman–Crippen LogP) is 2.98. The fourth-order valence-electron chi connectivity index (χ4n) is 2.78. The molecule has 0 aliphatic heterocycles. The van der Waals surface area contributed by atoms with Gasteiger partial charge in [-0.1, -0.05) is 26.2 Å². The van der Waals surface area contributed by atoms with Crippen molar-refractivity contribution in [2.75, 3.05) is 18.0 Å². The van der Waals surface area contributed by atoms with E-state index in [9.17, 15) is 0 Å². The van der Waals surface area contributed by atoms with E-state index in [4.69, 9.17) is 10.7 Å². The zero-order valence-electron chi connectivity index (χ0n) is 12.0. The average molecular weight is 282 g/mol. The second-order valence-corrected chi connectivity index (χ2v) is 6.10. The number of anilines is 1. The number of rotatable bonds is 7. The zero-order valence-corrected chi connectivity index (χ0v) is 12.8. The smallest absolute Gasteiger partial charge is 0.205 e. The fourth-order valence-corrected chi connectivity index (χ4v) is 3.59. The standard InChI is InChI=1S/C14H26N4S/c1-2-7-13-16-14(19-17-13)18(11-6-10-15)12-8-4-3-5-9-12/h12H,2-11,15H2,1H3. The number of aromatic nitrogens is 2. The lowest BCUT2D eigenvalue weighted by Crippen LogP contribution is -2.38. The summed E-state index contributed by atoms with van der Waals surface area (Å²) in [7, 11) is 0. The summed E-state index contributed by atoms with van der Waals surface area (Å²) in [6.07, 6.45) is 9.83. The molecule has 1 aliphatic rings. The number of hydrogen-bond acceptors (Lipinski definition) is 5. The van der Waals surface area contributed by atoms with Crippen LogP contribution < -0.4 is 10.6 Å². The number of nitrogens with zero attached hydrogens (tertiary/aromatic N) is 3. The Balaban J connectivity index is 2.05. The maximum Gasteiger partial charge on any atom is 0.205 e. The van der Waals surface area contributed by atoms with Crippen molar-refractivity contribution in [3.63, 3.8) is 0 Å². The van der Waals surface area contributed by atoms with Crippen LogP contribution in [0.5, 0.6) is 0 Å². The van der Waals surface area contributed by atoms with Crippen molar-refractivity contribution in [1.29, 1.82) is 0 Å². The van der Waals surface area contributed by atoms with E-state index in [0.717, 1.165) is 43.3 Å². The highest BCUT2D eigenvalue weighted by atomic mass is 32.1. The van der Waals surface area contributed by atoms with E-state index in [-0.39, 0.29) is 0 Å². The molecule has 0 bridgehead atoms. The van der Waals surface area contributed by atoms with Gasteiger partial charge in [0, 0.05) is 30.5 Å². The third-order valence-corrected chi connectivity index (χ3v) is 4.59. The Morgan fingerprint density at radius 2 is 2.11 bits per heavy atom. The summed E-state index contributed by atoms with van der Waals surface area (Å²) in [6.45, 7) is 3.96. The summed E-state index contributed by atoms with van der Waals surface area (Å²) >= 11 is 1.57. The third-order valence-electron chi connectivity index (χ3n) is 3.80. The van der Waals surface area contributed by atoms with Gasteiger partial charge in [-0.3, -0.25) is 0 Å². The van der Waals surface area contributed by atoms with Gasteiger partial charge in [0.25, 0.3) is 0 Å². The van der Waals surface area contributed by atoms with E-state index in [0.29, 0.717) is 6.04 Å². The van der Waals surface area contributed by atoms with Gasteiger partial charge < -0.3 is 10.6 Å². The Hall–Kier alpha value is -0.680. The summed E-state index contributed by atoms with van der Waals surface area (Å²) in [6, 6.07) is 0.655. The normalized spacial score (nSPS) is 16.7. The quantitative estimate of drug-likeness (QED) is 0.835. The minimum absolute atomic E-state index is 0.655. The summed E-state index contributed by atoms with van der Waals surface area (Å²) in [5.74, 6) is 1.01. The molecule has 108 valence electrons. The first-order chi connectivity index (χ1) is 9.35. The van der Waals surface area contributed by atoms with Gasteiger partial charge in [0.1, 0.15) is 5.82 Å². The van der Waals surface area contributed by atoms with Gasteiger partial charge in [-0.15, -0.1) is 0 Å². The molecule has 1 saturated carbocycles. The molecular weight excluding hydrogens is 256 g/mol. The van der Waals surface area contributed by atoms with Crippen molar-refractivity contribution in [3.8, 4) is 0 Å². The van der Waals surface area contributed by atoms with Crippen LogP contribution in [0.25, 0.3) is 0 Å². The minimum atomic E-state index is 0.655. The second-order valence-electron chi connectivity index (χ2n) is 5.37. The Labute approximate surface area is 120 Å². The molecular formula is C14H26N4S. The van der Waals surface area contributed by atoms with Gasteiger partial charge in [-0.05, 0) is 32.2 Å². The molecule has 2 N–H and O–H groups in total. The van der Waals surface area contributed by atoms with Crippen molar-refractivity contribution >= 4 is 16.7 Å². The summed E-state index contributed by atoms with van der Waals surface area (Å²) < 4.78 is 4.49. The largest absolute Gasteiger partial charge is 0.344 e. The van der Waals surface area contributed by atoms with Gasteiger partial charge in [-0.25, -0.2) is 4.98 Å². The average Bonchev–Trinajstić information content (AvgIpc) is 2.89. The highest BCUT2D eigenvalue weighted by molar-refractivity contribution is 7.09. The monoisotopic (exact) mass is 282 g/mol. The zero-order chi connectivity index (χ0) is 13.5. The Morgan fingerprint density at radius 1 is 1.32 bits per heavy atom. The lowest BCUT2D eigenvalue weighted by molar-refractivity contribution is 0.412. The van der Waals surface area contributed by atoms with Crippen LogP contribution in [0, 0.1) is 0 Å². The van der Waals surface area contributed by atoms with Crippen LogP contribution in [-0.4, -0.2) is 28.5 Å². The van der Waals surface area contributed by atoms with Crippen molar-refractivity contribution in [1.82, 2.24) is 9.36 Å². The lowest BCUT2D eigenvalue weighted by Gasteiger charge is -2.33. The molecule has 0 unspecified atom stereocenters. The Kier molecular flexibility index (Phi) is 6.04. The fraction of sp³-hybridized carbons (Fsp3) is 0.857. The van der Waals surface area contributed by atoms with Crippen molar-refractivity contribution in [2.24, 2.45) is 5.73 Å². The topological polar surface area (TPSA) is 55.0 Å². The van der Waals surface area contributed by atoms with Crippen LogP contribution in [0.1, 0.15) is 57.7 Å². The summed E-state index contributed by atoms with van der Waals surface area (Å²) in [5.41, 5.74) is 5.68. The van der Waals surface area contributed by atoms with E-state index in [1.54, 1.807) is 11.5 Å². The van der Waals surface area contributed by atoms with Crippen LogP contribution in [0.15, 0.2) is 0 Å². The summed E-state index contributed by atoms with van der Waals surface area (Å²) in [4.78, 5) is 7.20. The van der Waals surface area contributed by atoms with Crippen LogP contribution in [-0.2, 0) is 6.42 Å². The maximum absolute atomic E-state index is 5.68. The summed E-state index contributed by atoms with van der Waals surface area (Å²) in [5, 5.41) is 1.11. The molecule has 1 aliphatic carbocycles. The molecule has 0 amide bonds. The van der Waals surface area contributed by atoms with Crippen LogP contribution >= 0.6 is 11.5 Å². The van der Waals surface area contributed by atoms with Crippen LogP contribution in [0.3, 0.4) is 0 Å². The Morgan fingerprint density at radius 3 is 2.79 bits per heavy atom. The van der Waals surface area contributed by atoms with Gasteiger partial charge in [0.2, 0.25) is 5.13 Å². The Bertz CT molecular complexity index is 360. The molecule has 0 radical (unpaired) electrons. The predicted molar refractivity (Wildman–Crippen MR) is 81.8 cm³/mol. The number of hydrogen-bond donors (Lipinski definition) is 1. The van der Waals surface area contributed by atoms with Gasteiger partial charge >= 0.3 is 0 Å². The molecule has 4 nitrogen and oxygen atoms in total. The van der Waals surface area contributed by atoms with Crippen molar-refractivity contribution in [2.45, 2.75) is 64.3 Å². The van der Waals surface area contributed by atoms with E-state index in [1.807, 2.05) is 0 Å². The van der Waals surface area contributed by atoms with Crippen molar-refractivity contribution < 1.29 is 0 Å². The second kappa shape index (κ2) is 7.80. The van der Waals surface area contributed by atoms with Gasteiger partial charge in [0.15, 0.2) is 0 Å². The number of aryl methyl sites for hydroxylation is 1. The molecule has 1 heterocycles. The molecule has 0 saturated heterocycles. The van der Waals surface area contributed by atoms with E-state index in [2.05, 4.69) is 16.2 Å². The highest BCUT2D eigenvalue weighted by Gasteiger charge is 2.23. The molecule has 1 fully saturated rings. The first kappa shape index (κ1) is 14.7. The van der Waals surface area contributed by atoms with Crippen molar-refractivity contribution in [3.05, 3.63) is 5.82 Å². The molecule has 19 heavy (non-hydrogen) atoms. The van der Waals surface area contributed by atoms with Gasteiger partial charge in [-0.2, -0.15) is 4.37 Å². The van der Waals surface area contributed by atoms with E-state index >= 15 is 0 Å². The first-order valence-corrected chi connectivity index (χ1v) is 8.41. The lowest BCUT2D eigenvalue weighted by atomic mass is 9.94. The molecule has 0 spiro atoms. The van der Waals surface area contributed by atoms with E-state index in [1.165, 1.54) is 32.1 Å². The third kappa shape index (κ3) is 4.14. The maximum atomic E-state index is 5.68. The minimum Gasteiger partial charge on any atom is -0.344 e. The van der Waals surface area contributed by atoms with Crippen LogP contribution in [0.2, 0.25) is 0 Å². The SMILES string of the molecule is CCCc1nsc(N(CCCN)C2CCCCC2)n1. The molecule has 1 aromatic heterocycles. The number of nitrogens with two attached hydrogens (primary N) is 1. The highest BCUT2D eigenvalue weighted by Crippen LogP contribution is 2.28. The van der Waals surface area contributed by atoms with E-state index < -0.39 is 0 Å². The van der Waals surface area contributed by atoms with Gasteiger partial charge in [0.05, 0.1) is 0 Å². The molecule has 5 heteroatoms.